The van der Waals surface area contributed by atoms with Crippen LogP contribution >= 0.6 is 0 Å². The summed E-state index contributed by atoms with van der Waals surface area (Å²) >= 11 is 0. The number of benzene rings is 1. The third-order valence-electron chi connectivity index (χ3n) is 3.53. The molecule has 2 amide bonds. The predicted molar refractivity (Wildman–Crippen MR) is 85.7 cm³/mol. The Morgan fingerprint density at radius 1 is 1.12 bits per heavy atom. The van der Waals surface area contributed by atoms with E-state index >= 15 is 0 Å². The Morgan fingerprint density at radius 3 is 2.52 bits per heavy atom. The fraction of sp³-hybridized carbons (Fsp3) is 0.235. The van der Waals surface area contributed by atoms with Crippen LogP contribution in [0.4, 0.5) is 18.9 Å². The van der Waals surface area contributed by atoms with Gasteiger partial charge < -0.3 is 10.6 Å². The van der Waals surface area contributed by atoms with E-state index in [0.29, 0.717) is 6.07 Å². The highest BCUT2D eigenvalue weighted by molar-refractivity contribution is 6.04. The maximum atomic E-state index is 13.6. The van der Waals surface area contributed by atoms with Crippen molar-refractivity contribution in [1.82, 2.24) is 10.3 Å². The number of carbonyl (C=O) groups is 2. The molecule has 132 valence electrons. The minimum atomic E-state index is -1.69. The molecule has 0 saturated carbocycles. The van der Waals surface area contributed by atoms with Gasteiger partial charge in [0.25, 0.3) is 11.8 Å². The number of halogens is 3. The van der Waals surface area contributed by atoms with Crippen LogP contribution in [0.3, 0.4) is 0 Å². The van der Waals surface area contributed by atoms with Crippen molar-refractivity contribution in [3.63, 3.8) is 0 Å². The number of nitrogens with one attached hydrogen (secondary N) is 2. The summed E-state index contributed by atoms with van der Waals surface area (Å²) in [6, 6.07) is 4.19. The number of aromatic nitrogens is 1. The number of hydrogen-bond acceptors (Lipinski definition) is 3. The van der Waals surface area contributed by atoms with Gasteiger partial charge in [-0.2, -0.15) is 0 Å². The van der Waals surface area contributed by atoms with Gasteiger partial charge in [-0.25, -0.2) is 13.2 Å². The van der Waals surface area contributed by atoms with E-state index in [0.717, 1.165) is 12.5 Å². The number of anilines is 1. The Kier molecular flexibility index (Phi) is 5.74. The molecule has 5 nitrogen and oxygen atoms in total. The van der Waals surface area contributed by atoms with E-state index in [1.165, 1.54) is 18.3 Å². The third-order valence-corrected chi connectivity index (χ3v) is 3.53. The van der Waals surface area contributed by atoms with Gasteiger partial charge in [-0.1, -0.05) is 6.92 Å². The van der Waals surface area contributed by atoms with E-state index in [2.05, 4.69) is 15.6 Å². The number of hydrogen-bond donors (Lipinski definition) is 2. The number of pyridine rings is 1. The van der Waals surface area contributed by atoms with Gasteiger partial charge in [0.15, 0.2) is 17.5 Å². The van der Waals surface area contributed by atoms with Gasteiger partial charge in [-0.05, 0) is 37.6 Å². The molecule has 0 spiro atoms. The first-order chi connectivity index (χ1) is 11.8. The van der Waals surface area contributed by atoms with Crippen LogP contribution in [0.25, 0.3) is 0 Å². The lowest BCUT2D eigenvalue weighted by Crippen LogP contribution is -2.32. The van der Waals surface area contributed by atoms with Crippen molar-refractivity contribution in [2.24, 2.45) is 0 Å². The van der Waals surface area contributed by atoms with Crippen LogP contribution in [0.5, 0.6) is 0 Å². The molecule has 0 fully saturated rings. The third kappa shape index (κ3) is 4.34. The molecule has 2 aromatic rings. The molecule has 2 N–H and O–H groups in total. The highest BCUT2D eigenvalue weighted by Gasteiger charge is 2.18. The van der Waals surface area contributed by atoms with Crippen LogP contribution in [0.2, 0.25) is 0 Å². The van der Waals surface area contributed by atoms with Gasteiger partial charge >= 0.3 is 0 Å². The summed E-state index contributed by atoms with van der Waals surface area (Å²) in [5.41, 5.74) is -0.493. The molecule has 1 aromatic heterocycles. The van der Waals surface area contributed by atoms with Crippen LogP contribution in [0, 0.1) is 17.5 Å². The Balaban J connectivity index is 2.19. The molecule has 8 heteroatoms. The zero-order valence-corrected chi connectivity index (χ0v) is 13.6. The molecular weight excluding hydrogens is 335 g/mol. The number of amides is 2. The zero-order chi connectivity index (χ0) is 18.6. The second kappa shape index (κ2) is 7.78. The average Bonchev–Trinajstić information content (AvgIpc) is 2.62. The largest absolute Gasteiger partial charge is 0.350 e. The van der Waals surface area contributed by atoms with Gasteiger partial charge in [0.05, 0.1) is 5.69 Å². The van der Waals surface area contributed by atoms with Crippen molar-refractivity contribution in [3.8, 4) is 0 Å². The molecule has 0 bridgehead atoms. The van der Waals surface area contributed by atoms with E-state index in [9.17, 15) is 22.8 Å². The fourth-order valence-corrected chi connectivity index (χ4v) is 1.91. The molecule has 0 radical (unpaired) electrons. The first-order valence-electron chi connectivity index (χ1n) is 7.55. The monoisotopic (exact) mass is 351 g/mol. The van der Waals surface area contributed by atoms with E-state index < -0.39 is 29.0 Å². The first kappa shape index (κ1) is 18.4. The Morgan fingerprint density at radius 2 is 1.84 bits per heavy atom. The second-order valence-corrected chi connectivity index (χ2v) is 5.39. The van der Waals surface area contributed by atoms with Gasteiger partial charge in [0, 0.05) is 17.8 Å². The lowest BCUT2D eigenvalue weighted by molar-refractivity contribution is 0.0939. The molecule has 0 aliphatic carbocycles. The number of rotatable bonds is 5. The van der Waals surface area contributed by atoms with E-state index in [4.69, 9.17) is 0 Å². The summed E-state index contributed by atoms with van der Waals surface area (Å²) in [7, 11) is 0. The van der Waals surface area contributed by atoms with Gasteiger partial charge in [-0.3, -0.25) is 14.6 Å². The normalized spacial score (nSPS) is 11.7. The van der Waals surface area contributed by atoms with Crippen LogP contribution in [-0.2, 0) is 0 Å². The summed E-state index contributed by atoms with van der Waals surface area (Å²) in [5, 5.41) is 4.83. The molecule has 0 aliphatic rings. The quantitative estimate of drug-likeness (QED) is 0.812. The van der Waals surface area contributed by atoms with Crippen LogP contribution in [0.15, 0.2) is 30.5 Å². The summed E-state index contributed by atoms with van der Waals surface area (Å²) in [6.45, 7) is 3.74. The minimum Gasteiger partial charge on any atom is -0.350 e. The SMILES string of the molecule is CCC(C)NC(=O)c1ccnc(C(=O)Nc2ccc(F)c(F)c2F)c1. The minimum absolute atomic E-state index is 0.0470. The lowest BCUT2D eigenvalue weighted by atomic mass is 10.1. The van der Waals surface area contributed by atoms with Crippen molar-refractivity contribution in [1.29, 1.82) is 0 Å². The summed E-state index contributed by atoms with van der Waals surface area (Å²) in [4.78, 5) is 28.0. The van der Waals surface area contributed by atoms with E-state index in [1.807, 2.05) is 13.8 Å². The molecule has 1 aromatic carbocycles. The van der Waals surface area contributed by atoms with E-state index in [-0.39, 0.29) is 23.2 Å². The second-order valence-electron chi connectivity index (χ2n) is 5.39. The molecule has 1 heterocycles. The molecular formula is C17H16F3N3O2. The van der Waals surface area contributed by atoms with Crippen molar-refractivity contribution in [3.05, 3.63) is 59.2 Å². The van der Waals surface area contributed by atoms with Crippen molar-refractivity contribution >= 4 is 17.5 Å². The Labute approximate surface area is 142 Å². The average molecular weight is 351 g/mol. The summed E-state index contributed by atoms with van der Waals surface area (Å²) < 4.78 is 39.7. The molecule has 1 unspecified atom stereocenters. The Hall–Kier alpha value is -2.90. The molecule has 2 rings (SSSR count). The predicted octanol–water partition coefficient (Wildman–Crippen LogP) is 3.28. The molecule has 0 saturated heterocycles. The van der Waals surface area contributed by atoms with E-state index in [1.54, 1.807) is 0 Å². The Bertz CT molecular complexity index is 812. The highest BCUT2D eigenvalue weighted by atomic mass is 19.2. The van der Waals surface area contributed by atoms with Crippen molar-refractivity contribution in [2.75, 3.05) is 5.32 Å². The highest BCUT2D eigenvalue weighted by Crippen LogP contribution is 2.20. The van der Waals surface area contributed by atoms with Crippen molar-refractivity contribution < 1.29 is 22.8 Å². The summed E-state index contributed by atoms with van der Waals surface area (Å²) in [5.74, 6) is -5.81. The summed E-state index contributed by atoms with van der Waals surface area (Å²) in [6.07, 6.45) is 1.99. The van der Waals surface area contributed by atoms with Crippen molar-refractivity contribution in [2.45, 2.75) is 26.3 Å². The maximum Gasteiger partial charge on any atom is 0.274 e. The van der Waals surface area contributed by atoms with Crippen LogP contribution in [0.1, 0.15) is 41.1 Å². The smallest absolute Gasteiger partial charge is 0.274 e. The van der Waals surface area contributed by atoms with Gasteiger partial charge in [0.1, 0.15) is 5.69 Å². The molecule has 25 heavy (non-hydrogen) atoms. The molecule has 0 aliphatic heterocycles. The number of nitrogens with zero attached hydrogens (tertiary/aromatic N) is 1. The fourth-order valence-electron chi connectivity index (χ4n) is 1.91. The van der Waals surface area contributed by atoms with Crippen LogP contribution in [-0.4, -0.2) is 22.8 Å². The standard InChI is InChI=1S/C17H16F3N3O2/c1-3-9(2)22-16(24)10-6-7-21-13(8-10)17(25)23-12-5-4-11(18)14(19)15(12)20/h4-9H,3H2,1-2H3,(H,22,24)(H,23,25). The zero-order valence-electron chi connectivity index (χ0n) is 13.6. The van der Waals surface area contributed by atoms with Gasteiger partial charge in [-0.15, -0.1) is 0 Å². The number of carbonyl (C=O) groups excluding carboxylic acids is 2. The first-order valence-corrected chi connectivity index (χ1v) is 7.55. The lowest BCUT2D eigenvalue weighted by Gasteiger charge is -2.12. The van der Waals surface area contributed by atoms with Crippen LogP contribution < -0.4 is 10.6 Å². The maximum absolute atomic E-state index is 13.6. The van der Waals surface area contributed by atoms with Gasteiger partial charge in [0.2, 0.25) is 0 Å². The molecule has 1 atom stereocenters. The topological polar surface area (TPSA) is 71.1 Å².